The molecule has 1 saturated heterocycles. The van der Waals surface area contributed by atoms with Crippen LogP contribution in [0.3, 0.4) is 0 Å². The Morgan fingerprint density at radius 1 is 1.37 bits per heavy atom. The lowest BCUT2D eigenvalue weighted by Gasteiger charge is -2.30. The molecule has 1 aromatic rings. The zero-order valence-corrected chi connectivity index (χ0v) is 11.1. The lowest BCUT2D eigenvalue weighted by atomic mass is 9.97. The van der Waals surface area contributed by atoms with Crippen molar-refractivity contribution in [3.8, 4) is 0 Å². The second kappa shape index (κ2) is 5.31. The van der Waals surface area contributed by atoms with Gasteiger partial charge in [0.2, 0.25) is 0 Å². The fraction of sp³-hybridized carbons (Fsp3) is 0.533. The summed E-state index contributed by atoms with van der Waals surface area (Å²) in [6.07, 6.45) is 2.36. The van der Waals surface area contributed by atoms with Crippen molar-refractivity contribution in [3.63, 3.8) is 0 Å². The van der Waals surface area contributed by atoms with E-state index in [1.807, 2.05) is 12.1 Å². The summed E-state index contributed by atoms with van der Waals surface area (Å²) in [4.78, 5) is 14.2. The van der Waals surface area contributed by atoms with Crippen LogP contribution in [0.15, 0.2) is 18.2 Å². The molecule has 1 aromatic carbocycles. The number of hydrogen-bond acceptors (Lipinski definition) is 3. The summed E-state index contributed by atoms with van der Waals surface area (Å²) >= 11 is 0. The Bertz CT molecular complexity index is 487. The van der Waals surface area contributed by atoms with Gasteiger partial charge in [-0.15, -0.1) is 0 Å². The van der Waals surface area contributed by atoms with E-state index in [4.69, 9.17) is 0 Å². The first-order chi connectivity index (χ1) is 9.24. The molecule has 2 aliphatic rings. The zero-order chi connectivity index (χ0) is 13.2. The van der Waals surface area contributed by atoms with Crippen LogP contribution in [0.2, 0.25) is 0 Å². The number of amides is 1. The Balaban J connectivity index is 1.79. The van der Waals surface area contributed by atoms with Gasteiger partial charge in [-0.25, -0.2) is 0 Å². The number of aliphatic hydroxyl groups is 1. The summed E-state index contributed by atoms with van der Waals surface area (Å²) in [5, 5.41) is 13.0. The first-order valence-electron chi connectivity index (χ1n) is 7.04. The highest BCUT2D eigenvalue weighted by Crippen LogP contribution is 2.19. The van der Waals surface area contributed by atoms with Crippen LogP contribution in [0, 0.1) is 0 Å². The molecular weight excluding hydrogens is 240 g/mol. The van der Waals surface area contributed by atoms with Gasteiger partial charge in [0.25, 0.3) is 5.91 Å². The highest BCUT2D eigenvalue weighted by atomic mass is 16.3. The van der Waals surface area contributed by atoms with Crippen LogP contribution in [0.4, 0.5) is 0 Å². The van der Waals surface area contributed by atoms with E-state index in [9.17, 15) is 9.90 Å². The van der Waals surface area contributed by atoms with Crippen molar-refractivity contribution >= 4 is 5.91 Å². The van der Waals surface area contributed by atoms with Crippen LogP contribution >= 0.6 is 0 Å². The number of aliphatic hydroxyl groups excluding tert-OH is 1. The normalized spacial score (nSPS) is 23.0. The maximum Gasteiger partial charge on any atom is 0.253 e. The Kier molecular flexibility index (Phi) is 3.53. The van der Waals surface area contributed by atoms with Crippen LogP contribution in [0.5, 0.6) is 0 Å². The Morgan fingerprint density at radius 3 is 3.11 bits per heavy atom. The second-order valence-corrected chi connectivity index (χ2v) is 5.46. The maximum atomic E-state index is 12.4. The van der Waals surface area contributed by atoms with Crippen molar-refractivity contribution in [1.82, 2.24) is 10.2 Å². The molecule has 4 nitrogen and oxygen atoms in total. The molecule has 2 heterocycles. The van der Waals surface area contributed by atoms with E-state index in [1.165, 1.54) is 11.1 Å². The Hall–Kier alpha value is -1.39. The summed E-state index contributed by atoms with van der Waals surface area (Å²) in [5.74, 6) is 0.0483. The van der Waals surface area contributed by atoms with Gasteiger partial charge >= 0.3 is 0 Å². The monoisotopic (exact) mass is 260 g/mol. The number of hydrogen-bond donors (Lipinski definition) is 2. The molecule has 19 heavy (non-hydrogen) atoms. The molecule has 3 rings (SSSR count). The average molecular weight is 260 g/mol. The number of carbonyl (C=O) groups excluding carboxylic acids is 1. The molecule has 4 heteroatoms. The number of β-amino-alcohol motifs (C(OH)–C–C–N with tert-alkyl or cyclic N) is 1. The Morgan fingerprint density at radius 2 is 2.26 bits per heavy atom. The number of rotatable bonds is 1. The quantitative estimate of drug-likeness (QED) is 0.790. The van der Waals surface area contributed by atoms with Crippen molar-refractivity contribution < 1.29 is 9.90 Å². The van der Waals surface area contributed by atoms with E-state index >= 15 is 0 Å². The largest absolute Gasteiger partial charge is 0.391 e. The summed E-state index contributed by atoms with van der Waals surface area (Å²) in [6.45, 7) is 3.08. The lowest BCUT2D eigenvalue weighted by Crippen LogP contribution is -2.42. The smallest absolute Gasteiger partial charge is 0.253 e. The SMILES string of the molecule is O=C(c1ccc2c(c1)CNCC2)N1CCCC(O)C1. The standard InChI is InChI=1S/C15H20N2O2/c18-14-2-1-7-17(10-14)15(19)12-4-3-11-5-6-16-9-13(11)8-12/h3-4,8,14,16,18H,1-2,5-7,9-10H2. The van der Waals surface area contributed by atoms with E-state index < -0.39 is 0 Å². The van der Waals surface area contributed by atoms with E-state index in [0.717, 1.165) is 44.5 Å². The fourth-order valence-electron chi connectivity index (χ4n) is 2.94. The highest BCUT2D eigenvalue weighted by Gasteiger charge is 2.23. The molecule has 1 fully saturated rings. The predicted molar refractivity (Wildman–Crippen MR) is 73.0 cm³/mol. The van der Waals surface area contributed by atoms with Gasteiger partial charge in [-0.1, -0.05) is 6.07 Å². The number of carbonyl (C=O) groups is 1. The number of fused-ring (bicyclic) bond motifs is 1. The molecule has 1 amide bonds. The number of benzene rings is 1. The molecule has 0 bridgehead atoms. The lowest BCUT2D eigenvalue weighted by molar-refractivity contribution is 0.0473. The highest BCUT2D eigenvalue weighted by molar-refractivity contribution is 5.94. The molecular formula is C15H20N2O2. The fourth-order valence-corrected chi connectivity index (χ4v) is 2.94. The van der Waals surface area contributed by atoms with E-state index in [2.05, 4.69) is 11.4 Å². The predicted octanol–water partition coefficient (Wildman–Crippen LogP) is 0.929. The van der Waals surface area contributed by atoms with Gasteiger partial charge in [0.15, 0.2) is 0 Å². The molecule has 0 aromatic heterocycles. The van der Waals surface area contributed by atoms with Crippen molar-refractivity contribution in [1.29, 1.82) is 0 Å². The molecule has 2 N–H and O–H groups in total. The van der Waals surface area contributed by atoms with Gasteiger partial charge in [0.1, 0.15) is 0 Å². The van der Waals surface area contributed by atoms with Crippen LogP contribution in [-0.4, -0.2) is 41.7 Å². The van der Waals surface area contributed by atoms with Crippen molar-refractivity contribution in [2.75, 3.05) is 19.6 Å². The number of likely N-dealkylation sites (tertiary alicyclic amines) is 1. The number of nitrogens with one attached hydrogen (secondary N) is 1. The van der Waals surface area contributed by atoms with Crippen LogP contribution in [0.25, 0.3) is 0 Å². The third kappa shape index (κ3) is 2.65. The summed E-state index contributed by atoms with van der Waals surface area (Å²) in [6, 6.07) is 6.00. The molecule has 0 aliphatic carbocycles. The number of nitrogens with zero attached hydrogens (tertiary/aromatic N) is 1. The first-order valence-corrected chi connectivity index (χ1v) is 7.04. The third-order valence-electron chi connectivity index (χ3n) is 4.02. The van der Waals surface area contributed by atoms with E-state index in [-0.39, 0.29) is 12.0 Å². The van der Waals surface area contributed by atoms with Crippen molar-refractivity contribution in [2.45, 2.75) is 31.9 Å². The van der Waals surface area contributed by atoms with Gasteiger partial charge in [-0.05, 0) is 49.1 Å². The van der Waals surface area contributed by atoms with E-state index in [0.29, 0.717) is 6.54 Å². The average Bonchev–Trinajstić information content (AvgIpc) is 2.46. The Labute approximate surface area is 113 Å². The molecule has 2 aliphatic heterocycles. The summed E-state index contributed by atoms with van der Waals surface area (Å²) in [5.41, 5.74) is 3.32. The minimum absolute atomic E-state index is 0.0483. The molecule has 0 spiro atoms. The zero-order valence-electron chi connectivity index (χ0n) is 11.1. The van der Waals surface area contributed by atoms with Gasteiger partial charge in [-0.3, -0.25) is 4.79 Å². The molecule has 102 valence electrons. The number of piperidine rings is 1. The molecule has 1 unspecified atom stereocenters. The van der Waals surface area contributed by atoms with Gasteiger partial charge in [0.05, 0.1) is 6.10 Å². The van der Waals surface area contributed by atoms with Gasteiger partial charge in [-0.2, -0.15) is 0 Å². The first kappa shape index (κ1) is 12.6. The van der Waals surface area contributed by atoms with Crippen molar-refractivity contribution in [2.24, 2.45) is 0 Å². The topological polar surface area (TPSA) is 52.6 Å². The van der Waals surface area contributed by atoms with Crippen LogP contribution < -0.4 is 5.32 Å². The molecule has 1 atom stereocenters. The molecule has 0 saturated carbocycles. The minimum Gasteiger partial charge on any atom is -0.391 e. The molecule has 0 radical (unpaired) electrons. The maximum absolute atomic E-state index is 12.4. The minimum atomic E-state index is -0.364. The second-order valence-electron chi connectivity index (χ2n) is 5.46. The summed E-state index contributed by atoms with van der Waals surface area (Å²) in [7, 11) is 0. The van der Waals surface area contributed by atoms with Crippen LogP contribution in [0.1, 0.15) is 34.3 Å². The van der Waals surface area contributed by atoms with Crippen molar-refractivity contribution in [3.05, 3.63) is 34.9 Å². The third-order valence-corrected chi connectivity index (χ3v) is 4.02. The van der Waals surface area contributed by atoms with Gasteiger partial charge < -0.3 is 15.3 Å². The van der Waals surface area contributed by atoms with E-state index in [1.54, 1.807) is 4.90 Å². The summed E-state index contributed by atoms with van der Waals surface area (Å²) < 4.78 is 0. The van der Waals surface area contributed by atoms with Crippen LogP contribution in [-0.2, 0) is 13.0 Å². The van der Waals surface area contributed by atoms with Gasteiger partial charge in [0, 0.05) is 25.2 Å².